The molecule has 0 bridgehead atoms. The van der Waals surface area contributed by atoms with Crippen LogP contribution in [0.15, 0.2) is 0 Å². The average Bonchev–Trinajstić information content (AvgIpc) is 2.76. The number of β-amino-alcohol motifs (C(OH)–C–C–N with tert-alkyl or cyclic N) is 1. The minimum Gasteiger partial charge on any atom is -0.480 e. The van der Waals surface area contributed by atoms with Gasteiger partial charge in [-0.25, -0.2) is 9.59 Å². The van der Waals surface area contributed by atoms with E-state index in [0.29, 0.717) is 13.1 Å². The fourth-order valence-electron chi connectivity index (χ4n) is 3.00. The third-order valence-electron chi connectivity index (χ3n) is 4.44. The maximum absolute atomic E-state index is 12.5. The lowest BCUT2D eigenvalue weighted by Crippen LogP contribution is -2.59. The van der Waals surface area contributed by atoms with Crippen molar-refractivity contribution in [3.8, 4) is 0 Å². The molecule has 2 aliphatic rings. The second-order valence-corrected chi connectivity index (χ2v) is 5.95. The van der Waals surface area contributed by atoms with Crippen LogP contribution in [0.4, 0.5) is 4.79 Å². The fourth-order valence-corrected chi connectivity index (χ4v) is 3.00. The number of carboxylic acids is 1. The zero-order valence-corrected chi connectivity index (χ0v) is 12.2. The molecule has 0 radical (unpaired) electrons. The molecule has 0 aromatic rings. The summed E-state index contributed by atoms with van der Waals surface area (Å²) in [6.07, 6.45) is -0.637. The SMILES string of the molecule is CC1CN(C(=O)N2CC(O)C[C@H]2C(=O)O)CC(C)N1C. The molecule has 2 aliphatic heterocycles. The fraction of sp³-hybridized carbons (Fsp3) is 0.846. The molecule has 2 amide bonds. The lowest BCUT2D eigenvalue weighted by atomic mass is 10.1. The van der Waals surface area contributed by atoms with Crippen molar-refractivity contribution in [2.45, 2.75) is 44.5 Å². The predicted octanol–water partition coefficient (Wildman–Crippen LogP) is -0.349. The lowest BCUT2D eigenvalue weighted by Gasteiger charge is -2.43. The molecule has 0 aromatic carbocycles. The van der Waals surface area contributed by atoms with E-state index >= 15 is 0 Å². The van der Waals surface area contributed by atoms with Gasteiger partial charge in [0, 0.05) is 38.1 Å². The van der Waals surface area contributed by atoms with Gasteiger partial charge >= 0.3 is 12.0 Å². The number of likely N-dealkylation sites (tertiary alicyclic amines) is 1. The largest absolute Gasteiger partial charge is 0.480 e. The molecule has 114 valence electrons. The number of nitrogens with zero attached hydrogens (tertiary/aromatic N) is 3. The second-order valence-electron chi connectivity index (χ2n) is 5.95. The summed E-state index contributed by atoms with van der Waals surface area (Å²) < 4.78 is 0. The van der Waals surface area contributed by atoms with E-state index in [1.165, 1.54) is 4.90 Å². The lowest BCUT2D eigenvalue weighted by molar-refractivity contribution is -0.141. The summed E-state index contributed by atoms with van der Waals surface area (Å²) in [6, 6.07) is -0.722. The summed E-state index contributed by atoms with van der Waals surface area (Å²) in [5.41, 5.74) is 0. The zero-order valence-electron chi connectivity index (χ0n) is 12.2. The number of carbonyl (C=O) groups is 2. The van der Waals surface area contributed by atoms with Gasteiger partial charge in [0.05, 0.1) is 6.10 Å². The minimum absolute atomic E-state index is 0.102. The third kappa shape index (κ3) is 2.73. The van der Waals surface area contributed by atoms with Crippen LogP contribution in [0.5, 0.6) is 0 Å². The Hall–Kier alpha value is -1.34. The number of rotatable bonds is 1. The number of piperazine rings is 1. The Morgan fingerprint density at radius 2 is 1.65 bits per heavy atom. The van der Waals surface area contributed by atoms with E-state index in [1.54, 1.807) is 4.90 Å². The molecule has 4 atom stereocenters. The maximum Gasteiger partial charge on any atom is 0.326 e. The van der Waals surface area contributed by atoms with Crippen LogP contribution < -0.4 is 0 Å². The highest BCUT2D eigenvalue weighted by Gasteiger charge is 2.42. The number of hydrogen-bond acceptors (Lipinski definition) is 4. The van der Waals surface area contributed by atoms with Crippen LogP contribution >= 0.6 is 0 Å². The molecule has 2 rings (SSSR count). The normalized spacial score (nSPS) is 35.4. The van der Waals surface area contributed by atoms with Crippen LogP contribution in [0.25, 0.3) is 0 Å². The second kappa shape index (κ2) is 5.57. The monoisotopic (exact) mass is 285 g/mol. The number of aliphatic hydroxyl groups excluding tert-OH is 1. The summed E-state index contributed by atoms with van der Waals surface area (Å²) >= 11 is 0. The Morgan fingerprint density at radius 3 is 2.15 bits per heavy atom. The molecular formula is C13H23N3O4. The number of amides is 2. The molecule has 2 fully saturated rings. The van der Waals surface area contributed by atoms with E-state index in [4.69, 9.17) is 5.11 Å². The zero-order chi connectivity index (χ0) is 15.0. The Bertz CT molecular complexity index is 391. The summed E-state index contributed by atoms with van der Waals surface area (Å²) in [6.45, 7) is 5.36. The topological polar surface area (TPSA) is 84.3 Å². The van der Waals surface area contributed by atoms with Crippen LogP contribution in [0.3, 0.4) is 0 Å². The van der Waals surface area contributed by atoms with Crippen molar-refractivity contribution in [3.05, 3.63) is 0 Å². The van der Waals surface area contributed by atoms with Crippen molar-refractivity contribution >= 4 is 12.0 Å². The molecule has 20 heavy (non-hydrogen) atoms. The molecule has 0 aliphatic carbocycles. The highest BCUT2D eigenvalue weighted by molar-refractivity contribution is 5.83. The first-order chi connectivity index (χ1) is 9.31. The summed E-state index contributed by atoms with van der Waals surface area (Å²) in [7, 11) is 2.02. The van der Waals surface area contributed by atoms with Gasteiger partial charge in [-0.3, -0.25) is 4.90 Å². The van der Waals surface area contributed by atoms with E-state index in [-0.39, 0.29) is 31.1 Å². The number of urea groups is 1. The van der Waals surface area contributed by atoms with Crippen molar-refractivity contribution in [2.24, 2.45) is 0 Å². The van der Waals surface area contributed by atoms with Gasteiger partial charge in [0.2, 0.25) is 0 Å². The molecule has 2 N–H and O–H groups in total. The first-order valence-electron chi connectivity index (χ1n) is 6.99. The van der Waals surface area contributed by atoms with Gasteiger partial charge in [0.1, 0.15) is 6.04 Å². The quantitative estimate of drug-likeness (QED) is 0.688. The first kappa shape index (κ1) is 15.1. The Balaban J connectivity index is 2.09. The van der Waals surface area contributed by atoms with Crippen LogP contribution in [0.2, 0.25) is 0 Å². The van der Waals surface area contributed by atoms with Crippen LogP contribution in [-0.2, 0) is 4.79 Å². The Labute approximate surface area is 118 Å². The number of carbonyl (C=O) groups excluding carboxylic acids is 1. The summed E-state index contributed by atoms with van der Waals surface area (Å²) in [5, 5.41) is 18.8. The van der Waals surface area contributed by atoms with Crippen molar-refractivity contribution in [3.63, 3.8) is 0 Å². The van der Waals surface area contributed by atoms with Crippen molar-refractivity contribution in [1.29, 1.82) is 0 Å². The van der Waals surface area contributed by atoms with Gasteiger partial charge in [-0.15, -0.1) is 0 Å². The molecule has 2 heterocycles. The maximum atomic E-state index is 12.5. The highest BCUT2D eigenvalue weighted by atomic mass is 16.4. The number of carboxylic acid groups (broad SMARTS) is 1. The summed E-state index contributed by atoms with van der Waals surface area (Å²) in [5.74, 6) is -1.05. The molecule has 0 spiro atoms. The highest BCUT2D eigenvalue weighted by Crippen LogP contribution is 2.22. The molecule has 7 heteroatoms. The van der Waals surface area contributed by atoms with Crippen LogP contribution in [-0.4, -0.2) is 87.8 Å². The van der Waals surface area contributed by atoms with Gasteiger partial charge in [-0.05, 0) is 20.9 Å². The van der Waals surface area contributed by atoms with Gasteiger partial charge in [-0.1, -0.05) is 0 Å². The Morgan fingerprint density at radius 1 is 1.10 bits per heavy atom. The predicted molar refractivity (Wildman–Crippen MR) is 72.4 cm³/mol. The molecular weight excluding hydrogens is 262 g/mol. The van der Waals surface area contributed by atoms with E-state index < -0.39 is 18.1 Å². The van der Waals surface area contributed by atoms with Crippen LogP contribution in [0, 0.1) is 0 Å². The first-order valence-corrected chi connectivity index (χ1v) is 6.99. The minimum atomic E-state index is -1.05. The molecule has 7 nitrogen and oxygen atoms in total. The standard InChI is InChI=1S/C13H23N3O4/c1-8-5-15(6-9(2)14(8)3)13(20)16-7-10(17)4-11(16)12(18)19/h8-11,17H,4-7H2,1-3H3,(H,18,19)/t8?,9?,10?,11-/m0/s1. The van der Waals surface area contributed by atoms with Gasteiger partial charge in [0.15, 0.2) is 0 Å². The number of likely N-dealkylation sites (N-methyl/N-ethyl adjacent to an activating group) is 1. The number of aliphatic hydroxyl groups is 1. The van der Waals surface area contributed by atoms with E-state index in [2.05, 4.69) is 4.90 Å². The molecule has 0 saturated carbocycles. The molecule has 3 unspecified atom stereocenters. The van der Waals surface area contributed by atoms with Gasteiger partial charge < -0.3 is 20.0 Å². The van der Waals surface area contributed by atoms with Crippen molar-refractivity contribution < 1.29 is 19.8 Å². The molecule has 0 aromatic heterocycles. The van der Waals surface area contributed by atoms with Crippen LogP contribution in [0.1, 0.15) is 20.3 Å². The van der Waals surface area contributed by atoms with E-state index in [9.17, 15) is 14.7 Å². The third-order valence-corrected chi connectivity index (χ3v) is 4.44. The van der Waals surface area contributed by atoms with Gasteiger partial charge in [0.25, 0.3) is 0 Å². The van der Waals surface area contributed by atoms with Gasteiger partial charge in [-0.2, -0.15) is 0 Å². The Kier molecular flexibility index (Phi) is 4.19. The number of hydrogen-bond donors (Lipinski definition) is 2. The van der Waals surface area contributed by atoms with E-state index in [1.807, 2.05) is 20.9 Å². The van der Waals surface area contributed by atoms with E-state index in [0.717, 1.165) is 0 Å². The summed E-state index contributed by atoms with van der Waals surface area (Å²) in [4.78, 5) is 28.9. The van der Waals surface area contributed by atoms with Crippen molar-refractivity contribution in [1.82, 2.24) is 14.7 Å². The number of aliphatic carboxylic acids is 1. The van der Waals surface area contributed by atoms with Crippen molar-refractivity contribution in [2.75, 3.05) is 26.7 Å². The average molecular weight is 285 g/mol. The smallest absolute Gasteiger partial charge is 0.326 e. The molecule has 2 saturated heterocycles.